The van der Waals surface area contributed by atoms with E-state index in [0.29, 0.717) is 12.3 Å². The molecule has 1 saturated heterocycles. The van der Waals surface area contributed by atoms with E-state index in [-0.39, 0.29) is 24.1 Å². The summed E-state index contributed by atoms with van der Waals surface area (Å²) in [5.74, 6) is 1.87. The maximum absolute atomic E-state index is 12.9. The second kappa shape index (κ2) is 12.4. The first-order valence-electron chi connectivity index (χ1n) is 12.3. The number of ketones is 1. The second-order valence-electron chi connectivity index (χ2n) is 9.52. The Labute approximate surface area is 209 Å². The molecular formula is C28H37ClN2O3. The number of nitrogens with zero attached hydrogens (tertiary/aromatic N) is 2. The highest BCUT2D eigenvalue weighted by Gasteiger charge is 2.22. The van der Waals surface area contributed by atoms with Crippen molar-refractivity contribution in [1.29, 1.82) is 0 Å². The maximum atomic E-state index is 12.9. The summed E-state index contributed by atoms with van der Waals surface area (Å²) >= 11 is 0. The van der Waals surface area contributed by atoms with Gasteiger partial charge >= 0.3 is 0 Å². The SMILES string of the molecule is COc1cccc(CN2CCc3ccc(C(=O)CCC4CCN(C(C)=O)CC4)cc3CC2)c1.Cl. The van der Waals surface area contributed by atoms with E-state index in [4.69, 9.17) is 4.74 Å². The van der Waals surface area contributed by atoms with Crippen LogP contribution in [0.25, 0.3) is 0 Å². The number of piperidine rings is 1. The van der Waals surface area contributed by atoms with Crippen molar-refractivity contribution < 1.29 is 14.3 Å². The Balaban J connectivity index is 0.00000324. The third-order valence-electron chi connectivity index (χ3n) is 7.30. The van der Waals surface area contributed by atoms with Gasteiger partial charge in [-0.3, -0.25) is 14.5 Å². The molecule has 1 amide bonds. The number of hydrogen-bond acceptors (Lipinski definition) is 4. The van der Waals surface area contributed by atoms with Gasteiger partial charge in [-0.05, 0) is 72.9 Å². The van der Waals surface area contributed by atoms with Gasteiger partial charge in [-0.15, -0.1) is 12.4 Å². The predicted molar refractivity (Wildman–Crippen MR) is 138 cm³/mol. The van der Waals surface area contributed by atoms with Crippen molar-refractivity contribution in [3.8, 4) is 5.75 Å². The topological polar surface area (TPSA) is 49.9 Å². The summed E-state index contributed by atoms with van der Waals surface area (Å²) in [7, 11) is 1.71. The van der Waals surface area contributed by atoms with Crippen LogP contribution in [0.3, 0.4) is 0 Å². The summed E-state index contributed by atoms with van der Waals surface area (Å²) in [5.41, 5.74) is 4.82. The molecule has 0 saturated carbocycles. The van der Waals surface area contributed by atoms with Gasteiger partial charge in [0.2, 0.25) is 5.91 Å². The molecule has 1 fully saturated rings. The number of halogens is 1. The van der Waals surface area contributed by atoms with Gasteiger partial charge in [0.05, 0.1) is 7.11 Å². The number of methoxy groups -OCH3 is 1. The molecule has 0 spiro atoms. The Morgan fingerprint density at radius 1 is 0.971 bits per heavy atom. The minimum atomic E-state index is 0. The third-order valence-corrected chi connectivity index (χ3v) is 7.30. The van der Waals surface area contributed by atoms with Crippen molar-refractivity contribution in [2.75, 3.05) is 33.3 Å². The lowest BCUT2D eigenvalue weighted by Crippen LogP contribution is -2.37. The van der Waals surface area contributed by atoms with Crippen LogP contribution in [-0.4, -0.2) is 54.8 Å². The molecule has 2 aliphatic rings. The summed E-state index contributed by atoms with van der Waals surface area (Å²) in [6.45, 7) is 6.24. The van der Waals surface area contributed by atoms with Gasteiger partial charge in [0.25, 0.3) is 0 Å². The number of rotatable bonds is 7. The van der Waals surface area contributed by atoms with Crippen molar-refractivity contribution in [3.05, 3.63) is 64.7 Å². The smallest absolute Gasteiger partial charge is 0.219 e. The largest absolute Gasteiger partial charge is 0.497 e. The molecule has 0 aliphatic carbocycles. The number of amides is 1. The number of carbonyl (C=O) groups is 2. The highest BCUT2D eigenvalue weighted by Crippen LogP contribution is 2.25. The van der Waals surface area contributed by atoms with E-state index in [2.05, 4.69) is 29.2 Å². The van der Waals surface area contributed by atoms with Gasteiger partial charge in [-0.1, -0.05) is 24.3 Å². The van der Waals surface area contributed by atoms with Gasteiger partial charge in [-0.2, -0.15) is 0 Å². The van der Waals surface area contributed by atoms with E-state index in [1.54, 1.807) is 14.0 Å². The number of fused-ring (bicyclic) bond motifs is 1. The first-order valence-corrected chi connectivity index (χ1v) is 12.3. The van der Waals surface area contributed by atoms with Crippen LogP contribution >= 0.6 is 12.4 Å². The van der Waals surface area contributed by atoms with Crippen molar-refractivity contribution >= 4 is 24.1 Å². The van der Waals surface area contributed by atoms with Crippen molar-refractivity contribution in [3.63, 3.8) is 0 Å². The first-order chi connectivity index (χ1) is 16.0. The Morgan fingerprint density at radius 3 is 2.41 bits per heavy atom. The summed E-state index contributed by atoms with van der Waals surface area (Å²) in [6.07, 6.45) is 5.55. The van der Waals surface area contributed by atoms with E-state index < -0.39 is 0 Å². The van der Waals surface area contributed by atoms with Crippen molar-refractivity contribution in [1.82, 2.24) is 9.80 Å². The van der Waals surface area contributed by atoms with Gasteiger partial charge in [-0.25, -0.2) is 0 Å². The zero-order chi connectivity index (χ0) is 23.2. The molecule has 0 N–H and O–H groups in total. The second-order valence-corrected chi connectivity index (χ2v) is 9.52. The number of benzene rings is 2. The van der Waals surface area contributed by atoms with Gasteiger partial charge in [0.1, 0.15) is 5.75 Å². The number of Topliss-reactive ketones (excluding diaryl/α,β-unsaturated/α-hetero) is 1. The standard InChI is InChI=1S/C28H36N2O3.ClH/c1-21(31)30-16-10-22(11-17-30)6-9-28(32)26-8-7-24-12-14-29(15-13-25(24)19-26)20-23-4-3-5-27(18-23)33-2;/h3-5,7-8,18-19,22H,6,9-17,20H2,1-2H3;1H. The molecule has 2 heterocycles. The number of likely N-dealkylation sites (tertiary alicyclic amines) is 1. The Hall–Kier alpha value is -2.37. The lowest BCUT2D eigenvalue weighted by Gasteiger charge is -2.31. The van der Waals surface area contributed by atoms with Crippen LogP contribution in [0, 0.1) is 5.92 Å². The van der Waals surface area contributed by atoms with Gasteiger partial charge in [0, 0.05) is 51.6 Å². The van der Waals surface area contributed by atoms with Crippen LogP contribution in [0.15, 0.2) is 42.5 Å². The fourth-order valence-corrected chi connectivity index (χ4v) is 5.15. The zero-order valence-electron chi connectivity index (χ0n) is 20.4. The molecule has 0 radical (unpaired) electrons. The van der Waals surface area contributed by atoms with E-state index >= 15 is 0 Å². The number of hydrogen-bond donors (Lipinski definition) is 0. The van der Waals surface area contributed by atoms with Crippen LogP contribution in [0.5, 0.6) is 5.75 Å². The number of ether oxygens (including phenoxy) is 1. The first kappa shape index (κ1) is 26.2. The molecule has 0 bridgehead atoms. The summed E-state index contributed by atoms with van der Waals surface area (Å²) in [6, 6.07) is 14.6. The van der Waals surface area contributed by atoms with Crippen LogP contribution < -0.4 is 4.74 Å². The zero-order valence-corrected chi connectivity index (χ0v) is 21.2. The van der Waals surface area contributed by atoms with E-state index in [1.807, 2.05) is 23.1 Å². The molecule has 5 nitrogen and oxygen atoms in total. The molecule has 2 aliphatic heterocycles. The fraction of sp³-hybridized carbons (Fsp3) is 0.500. The third kappa shape index (κ3) is 6.83. The summed E-state index contributed by atoms with van der Waals surface area (Å²) in [4.78, 5) is 28.8. The quantitative estimate of drug-likeness (QED) is 0.522. The van der Waals surface area contributed by atoms with Crippen LogP contribution in [0.1, 0.15) is 59.7 Å². The monoisotopic (exact) mass is 484 g/mol. The molecule has 0 unspecified atom stereocenters. The van der Waals surface area contributed by atoms with Crippen LogP contribution in [-0.2, 0) is 24.2 Å². The van der Waals surface area contributed by atoms with E-state index in [1.165, 1.54) is 16.7 Å². The highest BCUT2D eigenvalue weighted by molar-refractivity contribution is 5.96. The van der Waals surface area contributed by atoms with Gasteiger partial charge in [0.15, 0.2) is 5.78 Å². The number of carbonyl (C=O) groups excluding carboxylic acids is 2. The normalized spacial score (nSPS) is 16.8. The molecule has 6 heteroatoms. The van der Waals surface area contributed by atoms with Crippen molar-refractivity contribution in [2.24, 2.45) is 5.92 Å². The lowest BCUT2D eigenvalue weighted by molar-refractivity contribution is -0.130. The molecule has 2 aromatic rings. The highest BCUT2D eigenvalue weighted by atomic mass is 35.5. The minimum absolute atomic E-state index is 0. The van der Waals surface area contributed by atoms with E-state index in [9.17, 15) is 9.59 Å². The molecule has 34 heavy (non-hydrogen) atoms. The summed E-state index contributed by atoms with van der Waals surface area (Å²) in [5, 5.41) is 0. The average Bonchev–Trinajstić information content (AvgIpc) is 3.04. The Bertz CT molecular complexity index is 985. The lowest BCUT2D eigenvalue weighted by atomic mass is 9.89. The Morgan fingerprint density at radius 2 is 1.71 bits per heavy atom. The van der Waals surface area contributed by atoms with Crippen LogP contribution in [0.4, 0.5) is 0 Å². The maximum Gasteiger partial charge on any atom is 0.219 e. The molecule has 0 aromatic heterocycles. The fourth-order valence-electron chi connectivity index (χ4n) is 5.15. The summed E-state index contributed by atoms with van der Waals surface area (Å²) < 4.78 is 5.36. The molecule has 4 rings (SSSR count). The van der Waals surface area contributed by atoms with Crippen molar-refractivity contribution in [2.45, 2.75) is 52.0 Å². The molecule has 2 aromatic carbocycles. The molecule has 184 valence electrons. The molecular weight excluding hydrogens is 448 g/mol. The van der Waals surface area contributed by atoms with Crippen LogP contribution in [0.2, 0.25) is 0 Å². The molecule has 0 atom stereocenters. The Kier molecular flexibility index (Phi) is 9.54. The predicted octanol–water partition coefficient (Wildman–Crippen LogP) is 4.94. The van der Waals surface area contributed by atoms with E-state index in [0.717, 1.165) is 76.1 Å². The average molecular weight is 485 g/mol. The van der Waals surface area contributed by atoms with Gasteiger partial charge < -0.3 is 9.64 Å². The minimum Gasteiger partial charge on any atom is -0.497 e.